The monoisotopic (exact) mass is 490 g/mol. The molecule has 0 aromatic rings. The number of rotatable bonds is 2. The van der Waals surface area contributed by atoms with Crippen LogP contribution in [0.1, 0.15) is 129 Å². The Hall–Kier alpha value is -0.760. The van der Waals surface area contributed by atoms with E-state index in [-0.39, 0.29) is 12.2 Å². The summed E-state index contributed by atoms with van der Waals surface area (Å²) < 4.78 is 6.27. The van der Waals surface area contributed by atoms with E-state index in [2.05, 4.69) is 13.8 Å². The first-order valence-electron chi connectivity index (χ1n) is 16.2. The van der Waals surface area contributed by atoms with Gasteiger partial charge in [0.2, 0.25) is 0 Å². The lowest BCUT2D eigenvalue weighted by Gasteiger charge is -2.66. The number of hydrogen-bond donors (Lipinski definition) is 1. The lowest BCUT2D eigenvalue weighted by atomic mass is 9.39. The van der Waals surface area contributed by atoms with Crippen molar-refractivity contribution >= 4 is 0 Å². The predicted octanol–water partition coefficient (Wildman–Crippen LogP) is 8.49. The Bertz CT molecular complexity index is 959. The normalized spacial score (nSPS) is 49.7. The third kappa shape index (κ3) is 2.95. The van der Waals surface area contributed by atoms with Gasteiger partial charge in [-0.3, -0.25) is 0 Å². The maximum absolute atomic E-state index is 10.6. The molecule has 0 aromatic carbocycles. The highest BCUT2D eigenvalue weighted by atomic mass is 16.5. The molecular formula is C34H50O2. The van der Waals surface area contributed by atoms with Crippen molar-refractivity contribution in [2.24, 2.45) is 45.8 Å². The second-order valence-electron chi connectivity index (χ2n) is 15.5. The molecule has 2 spiro atoms. The summed E-state index contributed by atoms with van der Waals surface area (Å²) in [7, 11) is 0. The van der Waals surface area contributed by atoms with Crippen molar-refractivity contribution in [2.45, 2.75) is 142 Å². The van der Waals surface area contributed by atoms with Crippen molar-refractivity contribution in [2.75, 3.05) is 0 Å². The van der Waals surface area contributed by atoms with E-state index in [4.69, 9.17) is 4.74 Å². The zero-order valence-electron chi connectivity index (χ0n) is 23.1. The molecule has 1 saturated heterocycles. The first-order valence-corrected chi connectivity index (χ1v) is 16.2. The van der Waals surface area contributed by atoms with E-state index in [0.29, 0.717) is 16.7 Å². The molecule has 5 unspecified atom stereocenters. The second kappa shape index (κ2) is 7.89. The van der Waals surface area contributed by atoms with Crippen LogP contribution < -0.4 is 0 Å². The van der Waals surface area contributed by atoms with Crippen LogP contribution >= 0.6 is 0 Å². The Morgan fingerprint density at radius 3 is 1.97 bits per heavy atom. The van der Waals surface area contributed by atoms with Crippen LogP contribution in [0.25, 0.3) is 0 Å². The smallest absolute Gasteiger partial charge is 0.125 e. The van der Waals surface area contributed by atoms with Crippen molar-refractivity contribution in [3.63, 3.8) is 0 Å². The molecule has 0 aromatic heterocycles. The Morgan fingerprint density at radius 1 is 0.694 bits per heavy atom. The molecule has 2 nitrogen and oxygen atoms in total. The van der Waals surface area contributed by atoms with Gasteiger partial charge in [-0.25, -0.2) is 0 Å². The Morgan fingerprint density at radius 2 is 1.31 bits per heavy atom. The lowest BCUT2D eigenvalue weighted by molar-refractivity contribution is -0.0803. The molecule has 5 atom stereocenters. The van der Waals surface area contributed by atoms with Crippen LogP contribution in [0.4, 0.5) is 0 Å². The van der Waals surface area contributed by atoms with Gasteiger partial charge in [0.05, 0.1) is 6.10 Å². The molecule has 2 aliphatic heterocycles. The van der Waals surface area contributed by atoms with Gasteiger partial charge in [0, 0.05) is 11.5 Å². The van der Waals surface area contributed by atoms with Gasteiger partial charge in [-0.2, -0.15) is 0 Å². The van der Waals surface area contributed by atoms with Crippen LogP contribution in [0.2, 0.25) is 0 Å². The molecule has 0 amide bonds. The van der Waals surface area contributed by atoms with E-state index in [1.165, 1.54) is 94.8 Å². The Balaban J connectivity index is 0.949. The van der Waals surface area contributed by atoms with Gasteiger partial charge >= 0.3 is 0 Å². The fraction of sp³-hybridized carbons (Fsp3) is 0.882. The van der Waals surface area contributed by atoms with Crippen molar-refractivity contribution in [1.82, 2.24) is 0 Å². The number of aliphatic hydroxyl groups is 1. The van der Waals surface area contributed by atoms with Crippen molar-refractivity contribution < 1.29 is 9.84 Å². The number of aliphatic hydroxyl groups excluding tert-OH is 1. The van der Waals surface area contributed by atoms with E-state index >= 15 is 0 Å². The third-order valence-electron chi connectivity index (χ3n) is 14.4. The van der Waals surface area contributed by atoms with Gasteiger partial charge in [-0.15, -0.1) is 0 Å². The summed E-state index contributed by atoms with van der Waals surface area (Å²) in [4.78, 5) is 0. The van der Waals surface area contributed by atoms with Crippen molar-refractivity contribution in [1.29, 1.82) is 0 Å². The Labute approximate surface area is 219 Å². The molecule has 9 rings (SSSR count). The summed E-state index contributed by atoms with van der Waals surface area (Å²) in [5.41, 5.74) is 6.96. The van der Waals surface area contributed by atoms with Gasteiger partial charge in [-0.05, 0) is 155 Å². The van der Waals surface area contributed by atoms with Gasteiger partial charge in [0.15, 0.2) is 0 Å². The molecule has 7 aliphatic carbocycles. The quantitative estimate of drug-likeness (QED) is 0.393. The molecular weight excluding hydrogens is 440 g/mol. The van der Waals surface area contributed by atoms with Crippen LogP contribution in [0.5, 0.6) is 0 Å². The van der Waals surface area contributed by atoms with E-state index in [0.717, 1.165) is 48.3 Å². The van der Waals surface area contributed by atoms with E-state index in [1.807, 2.05) is 11.1 Å². The van der Waals surface area contributed by atoms with Crippen molar-refractivity contribution in [3.8, 4) is 0 Å². The average molecular weight is 491 g/mol. The second-order valence-corrected chi connectivity index (χ2v) is 15.5. The molecule has 2 heteroatoms. The van der Waals surface area contributed by atoms with Crippen molar-refractivity contribution in [3.05, 3.63) is 22.5 Å². The molecule has 36 heavy (non-hydrogen) atoms. The SMILES string of the molecule is CC(C)(C1CCC2(CCC3OC4=C3C(O)CCC42)CC1)C1CCC2(CC1)C1CCCC3=C1C2CCC3. The van der Waals surface area contributed by atoms with Crippen LogP contribution in [0, 0.1) is 45.8 Å². The fourth-order valence-corrected chi connectivity index (χ4v) is 12.4. The van der Waals surface area contributed by atoms with Gasteiger partial charge in [-0.1, -0.05) is 25.0 Å². The van der Waals surface area contributed by atoms with Gasteiger partial charge in [0.25, 0.3) is 0 Å². The maximum Gasteiger partial charge on any atom is 0.125 e. The first kappa shape index (κ1) is 23.2. The summed E-state index contributed by atoms with van der Waals surface area (Å²) >= 11 is 0. The van der Waals surface area contributed by atoms with E-state index in [1.54, 1.807) is 12.8 Å². The molecule has 2 heterocycles. The fourth-order valence-electron chi connectivity index (χ4n) is 12.4. The summed E-state index contributed by atoms with van der Waals surface area (Å²) in [6.07, 6.45) is 25.4. The summed E-state index contributed by atoms with van der Waals surface area (Å²) in [6.45, 7) is 5.35. The molecule has 4 bridgehead atoms. The number of allylic oxidation sites excluding steroid dienone is 3. The van der Waals surface area contributed by atoms with Crippen LogP contribution in [-0.4, -0.2) is 17.3 Å². The lowest BCUT2D eigenvalue weighted by Crippen LogP contribution is -2.56. The molecule has 198 valence electrons. The summed E-state index contributed by atoms with van der Waals surface area (Å²) in [5.74, 6) is 5.71. The zero-order valence-corrected chi connectivity index (χ0v) is 23.1. The van der Waals surface area contributed by atoms with Crippen LogP contribution in [0.3, 0.4) is 0 Å². The van der Waals surface area contributed by atoms with E-state index in [9.17, 15) is 5.11 Å². The molecule has 1 N–H and O–H groups in total. The molecule has 4 fully saturated rings. The van der Waals surface area contributed by atoms with Gasteiger partial charge < -0.3 is 9.84 Å². The number of ether oxygens (including phenoxy) is 1. The standard InChI is InChI=1S/C34H50O2/c1-32(2,23-13-19-34(20-14-23)24-7-3-5-21-6-4-8-25(34)29(21)24)22-11-16-33(17-12-22)18-15-28-30-27(35)10-9-26(33)31(30)36-28/h22-28,35H,3-20H2,1-2H3. The molecule has 0 radical (unpaired) electrons. The number of hydrogen-bond acceptors (Lipinski definition) is 2. The highest BCUT2D eigenvalue weighted by Gasteiger charge is 2.61. The average Bonchev–Trinajstić information content (AvgIpc) is 3.09. The highest BCUT2D eigenvalue weighted by Crippen LogP contribution is 2.71. The topological polar surface area (TPSA) is 29.5 Å². The number of fused-ring (bicyclic) bond motifs is 3. The third-order valence-corrected chi connectivity index (χ3v) is 14.4. The zero-order chi connectivity index (χ0) is 24.3. The van der Waals surface area contributed by atoms with E-state index < -0.39 is 0 Å². The van der Waals surface area contributed by atoms with Gasteiger partial charge in [0.1, 0.15) is 11.9 Å². The highest BCUT2D eigenvalue weighted by molar-refractivity contribution is 5.38. The van der Waals surface area contributed by atoms with Crippen LogP contribution in [-0.2, 0) is 4.74 Å². The maximum atomic E-state index is 10.6. The first-order chi connectivity index (χ1) is 17.4. The largest absolute Gasteiger partial charge is 0.490 e. The summed E-state index contributed by atoms with van der Waals surface area (Å²) in [6, 6.07) is 0. The minimum Gasteiger partial charge on any atom is -0.490 e. The minimum absolute atomic E-state index is 0.203. The Kier molecular flexibility index (Phi) is 5.08. The predicted molar refractivity (Wildman–Crippen MR) is 144 cm³/mol. The molecule has 9 aliphatic rings. The molecule has 3 saturated carbocycles. The van der Waals surface area contributed by atoms with Crippen LogP contribution in [0.15, 0.2) is 22.5 Å². The summed E-state index contributed by atoms with van der Waals surface area (Å²) in [5, 5.41) is 10.6. The minimum atomic E-state index is -0.203.